The van der Waals surface area contributed by atoms with E-state index in [1.54, 1.807) is 6.07 Å². The van der Waals surface area contributed by atoms with Gasteiger partial charge in [0.05, 0.1) is 24.0 Å². The Morgan fingerprint density at radius 2 is 2.04 bits per heavy atom. The number of carbonyl (C=O) groups is 2. The van der Waals surface area contributed by atoms with E-state index in [0.717, 1.165) is 10.0 Å². The molecule has 1 saturated heterocycles. The second-order valence-electron chi connectivity index (χ2n) is 6.35. The van der Waals surface area contributed by atoms with E-state index in [9.17, 15) is 19.7 Å². The second kappa shape index (κ2) is 7.97. The number of hydrogen-bond acceptors (Lipinski definition) is 6. The van der Waals surface area contributed by atoms with Crippen LogP contribution in [0.3, 0.4) is 0 Å². The van der Waals surface area contributed by atoms with Crippen LogP contribution in [-0.2, 0) is 9.59 Å². The van der Waals surface area contributed by atoms with Crippen molar-refractivity contribution in [3.8, 4) is 11.5 Å². The number of ether oxygens (including phenoxy) is 2. The largest absolute Gasteiger partial charge is 0.496 e. The topological polar surface area (TPSA) is 99.0 Å². The van der Waals surface area contributed by atoms with Crippen LogP contribution in [0.5, 0.6) is 11.5 Å². The number of carbonyl (C=O) groups excluding carboxylic acids is 2. The van der Waals surface area contributed by atoms with E-state index in [-0.39, 0.29) is 36.1 Å². The number of esters is 1. The lowest BCUT2D eigenvalue weighted by Crippen LogP contribution is -2.27. The molecule has 0 aromatic heterocycles. The van der Waals surface area contributed by atoms with Crippen LogP contribution >= 0.6 is 15.9 Å². The second-order valence-corrected chi connectivity index (χ2v) is 7.21. The van der Waals surface area contributed by atoms with Crippen LogP contribution in [0, 0.1) is 23.0 Å². The molecule has 0 aliphatic carbocycles. The molecular weight excluding hydrogens is 432 g/mol. The summed E-state index contributed by atoms with van der Waals surface area (Å²) in [6, 6.07) is 9.43. The molecule has 0 saturated carbocycles. The van der Waals surface area contributed by atoms with Crippen LogP contribution < -0.4 is 14.4 Å². The van der Waals surface area contributed by atoms with Gasteiger partial charge in [-0.3, -0.25) is 19.7 Å². The van der Waals surface area contributed by atoms with E-state index in [1.165, 1.54) is 30.2 Å². The Bertz CT molecular complexity index is 961. The summed E-state index contributed by atoms with van der Waals surface area (Å²) in [7, 11) is 1.38. The molecule has 146 valence electrons. The van der Waals surface area contributed by atoms with Gasteiger partial charge in [0, 0.05) is 23.1 Å². The molecule has 8 nitrogen and oxygen atoms in total. The maximum absolute atomic E-state index is 12.5. The van der Waals surface area contributed by atoms with Gasteiger partial charge in [-0.25, -0.2) is 0 Å². The first kappa shape index (κ1) is 19.8. The van der Waals surface area contributed by atoms with Gasteiger partial charge in [0.1, 0.15) is 5.75 Å². The molecular formula is C19H17BrN2O6. The normalized spacial score (nSPS) is 16.2. The minimum absolute atomic E-state index is 0.0160. The zero-order valence-corrected chi connectivity index (χ0v) is 16.8. The van der Waals surface area contributed by atoms with Gasteiger partial charge < -0.3 is 14.4 Å². The Kier molecular flexibility index (Phi) is 5.64. The lowest BCUT2D eigenvalue weighted by molar-refractivity contribution is -0.385. The standard InChI is InChI=1S/C19H17BrN2O6/c1-11-7-13(3-5-15(11)20)21-10-12(8-18(21)23)19(24)28-17-6-4-14(27-2)9-16(17)22(25)26/h3-7,9,12H,8,10H2,1-2H3. The average Bonchev–Trinajstić information content (AvgIpc) is 3.06. The van der Waals surface area contributed by atoms with Crippen molar-refractivity contribution in [2.75, 3.05) is 18.6 Å². The Morgan fingerprint density at radius 3 is 2.68 bits per heavy atom. The van der Waals surface area contributed by atoms with Crippen molar-refractivity contribution in [1.29, 1.82) is 0 Å². The summed E-state index contributed by atoms with van der Waals surface area (Å²) in [5, 5.41) is 11.2. The van der Waals surface area contributed by atoms with Gasteiger partial charge in [0.25, 0.3) is 0 Å². The highest BCUT2D eigenvalue weighted by Crippen LogP contribution is 2.33. The number of hydrogen-bond donors (Lipinski definition) is 0. The summed E-state index contributed by atoms with van der Waals surface area (Å²) in [6.45, 7) is 2.06. The zero-order valence-electron chi connectivity index (χ0n) is 15.2. The number of aryl methyl sites for hydroxylation is 1. The van der Waals surface area contributed by atoms with Gasteiger partial charge >= 0.3 is 11.7 Å². The predicted molar refractivity (Wildman–Crippen MR) is 105 cm³/mol. The molecule has 1 aliphatic rings. The summed E-state index contributed by atoms with van der Waals surface area (Å²) in [4.78, 5) is 37.0. The molecule has 1 heterocycles. The van der Waals surface area contributed by atoms with Crippen molar-refractivity contribution in [2.45, 2.75) is 13.3 Å². The number of amides is 1. The van der Waals surface area contributed by atoms with Crippen LogP contribution in [0.4, 0.5) is 11.4 Å². The lowest BCUT2D eigenvalue weighted by atomic mass is 10.1. The first-order valence-electron chi connectivity index (χ1n) is 8.40. The monoisotopic (exact) mass is 448 g/mol. The first-order valence-corrected chi connectivity index (χ1v) is 9.20. The van der Waals surface area contributed by atoms with E-state index in [1.807, 2.05) is 19.1 Å². The number of benzene rings is 2. The van der Waals surface area contributed by atoms with Gasteiger partial charge in [0.2, 0.25) is 11.7 Å². The minimum atomic E-state index is -0.710. The minimum Gasteiger partial charge on any atom is -0.496 e. The van der Waals surface area contributed by atoms with Gasteiger partial charge in [-0.2, -0.15) is 0 Å². The van der Waals surface area contributed by atoms with E-state index < -0.39 is 16.8 Å². The van der Waals surface area contributed by atoms with Crippen LogP contribution in [0.25, 0.3) is 0 Å². The van der Waals surface area contributed by atoms with Crippen LogP contribution in [0.2, 0.25) is 0 Å². The molecule has 2 aromatic rings. The summed E-state index contributed by atoms with van der Waals surface area (Å²) < 4.78 is 11.1. The summed E-state index contributed by atoms with van der Waals surface area (Å²) in [5.74, 6) is -1.50. The van der Waals surface area contributed by atoms with Crippen molar-refractivity contribution in [1.82, 2.24) is 0 Å². The molecule has 1 amide bonds. The number of nitro benzene ring substituents is 1. The molecule has 0 spiro atoms. The molecule has 0 bridgehead atoms. The highest BCUT2D eigenvalue weighted by Gasteiger charge is 2.37. The predicted octanol–water partition coefficient (Wildman–Crippen LogP) is 3.63. The molecule has 3 rings (SSSR count). The maximum Gasteiger partial charge on any atom is 0.316 e. The first-order chi connectivity index (χ1) is 13.3. The molecule has 28 heavy (non-hydrogen) atoms. The fourth-order valence-electron chi connectivity index (χ4n) is 2.96. The van der Waals surface area contributed by atoms with E-state index in [2.05, 4.69) is 15.9 Å². The van der Waals surface area contributed by atoms with Gasteiger partial charge in [-0.1, -0.05) is 15.9 Å². The maximum atomic E-state index is 12.5. The third kappa shape index (κ3) is 3.99. The molecule has 1 aliphatic heterocycles. The fraction of sp³-hybridized carbons (Fsp3) is 0.263. The Balaban J connectivity index is 1.76. The van der Waals surface area contributed by atoms with Crippen LogP contribution in [-0.4, -0.2) is 30.5 Å². The van der Waals surface area contributed by atoms with Gasteiger partial charge in [-0.05, 0) is 42.8 Å². The number of rotatable bonds is 5. The summed E-state index contributed by atoms with van der Waals surface area (Å²) >= 11 is 3.41. The third-order valence-electron chi connectivity index (χ3n) is 4.48. The molecule has 0 radical (unpaired) electrons. The van der Waals surface area contributed by atoms with Gasteiger partial charge in [-0.15, -0.1) is 0 Å². The highest BCUT2D eigenvalue weighted by molar-refractivity contribution is 9.10. The van der Waals surface area contributed by atoms with E-state index in [4.69, 9.17) is 9.47 Å². The summed E-state index contributed by atoms with van der Waals surface area (Å²) in [6.07, 6.45) is -0.0160. The van der Waals surface area contributed by atoms with Crippen molar-refractivity contribution in [3.05, 3.63) is 56.5 Å². The SMILES string of the molecule is COc1ccc(OC(=O)C2CC(=O)N(c3ccc(Br)c(C)c3)C2)c([N+](=O)[O-])c1. The number of anilines is 1. The van der Waals surface area contributed by atoms with Crippen molar-refractivity contribution in [2.24, 2.45) is 5.92 Å². The number of halogens is 1. The zero-order chi connectivity index (χ0) is 20.4. The molecule has 1 fully saturated rings. The Labute approximate surface area is 169 Å². The number of nitrogens with zero attached hydrogens (tertiary/aromatic N) is 2. The summed E-state index contributed by atoms with van der Waals surface area (Å²) in [5.41, 5.74) is 1.28. The molecule has 9 heteroatoms. The number of nitro groups is 1. The Morgan fingerprint density at radius 1 is 1.29 bits per heavy atom. The highest BCUT2D eigenvalue weighted by atomic mass is 79.9. The molecule has 1 unspecified atom stereocenters. The van der Waals surface area contributed by atoms with Crippen molar-refractivity contribution in [3.63, 3.8) is 0 Å². The fourth-order valence-corrected chi connectivity index (χ4v) is 3.20. The molecule has 1 atom stereocenters. The molecule has 2 aromatic carbocycles. The third-order valence-corrected chi connectivity index (χ3v) is 5.37. The van der Waals surface area contributed by atoms with E-state index >= 15 is 0 Å². The van der Waals surface area contributed by atoms with Crippen molar-refractivity contribution < 1.29 is 24.0 Å². The smallest absolute Gasteiger partial charge is 0.316 e. The van der Waals surface area contributed by atoms with Crippen LogP contribution in [0.1, 0.15) is 12.0 Å². The van der Waals surface area contributed by atoms with Crippen LogP contribution in [0.15, 0.2) is 40.9 Å². The van der Waals surface area contributed by atoms with E-state index in [0.29, 0.717) is 5.69 Å². The molecule has 0 N–H and O–H groups in total. The van der Waals surface area contributed by atoms with Crippen molar-refractivity contribution >= 4 is 39.2 Å². The Hall–Kier alpha value is -2.94. The lowest BCUT2D eigenvalue weighted by Gasteiger charge is -2.17. The van der Waals surface area contributed by atoms with Gasteiger partial charge in [0.15, 0.2) is 0 Å². The quantitative estimate of drug-likeness (QED) is 0.299. The average molecular weight is 449 g/mol. The number of methoxy groups -OCH3 is 1.